The number of hydrogen-bond acceptors (Lipinski definition) is 7. The molecule has 1 saturated heterocycles. The first kappa shape index (κ1) is 33.3. The summed E-state index contributed by atoms with van der Waals surface area (Å²) in [5.41, 5.74) is 0.934. The number of alkyl halides is 5. The smallest absolute Gasteiger partial charge is 0.394 e. The maximum Gasteiger partial charge on any atom is 0.433 e. The van der Waals surface area contributed by atoms with Crippen molar-refractivity contribution in [3.8, 4) is 0 Å². The Morgan fingerprint density at radius 2 is 1.75 bits per heavy atom. The van der Waals surface area contributed by atoms with Crippen molar-refractivity contribution in [3.63, 3.8) is 0 Å². The van der Waals surface area contributed by atoms with Crippen LogP contribution in [0.5, 0.6) is 0 Å². The zero-order valence-corrected chi connectivity index (χ0v) is 24.5. The molecule has 1 aliphatic rings. The van der Waals surface area contributed by atoms with E-state index in [1.807, 2.05) is 4.90 Å². The number of carbonyl (C=O) groups excluding carboxylic acids is 1. The Balaban J connectivity index is 1.49. The Morgan fingerprint density at radius 1 is 1.07 bits per heavy atom. The number of ether oxygens (including phenoxy) is 1. The third-order valence-electron chi connectivity index (χ3n) is 7.64. The molecule has 238 valence electrons. The lowest BCUT2D eigenvalue weighted by molar-refractivity contribution is -0.141. The van der Waals surface area contributed by atoms with E-state index in [2.05, 4.69) is 15.0 Å². The van der Waals surface area contributed by atoms with Gasteiger partial charge in [-0.1, -0.05) is 25.1 Å². The lowest BCUT2D eigenvalue weighted by atomic mass is 9.87. The summed E-state index contributed by atoms with van der Waals surface area (Å²) < 4.78 is 93.4. The third kappa shape index (κ3) is 8.10. The molecule has 1 fully saturated rings. The third-order valence-corrected chi connectivity index (χ3v) is 9.39. The van der Waals surface area contributed by atoms with Gasteiger partial charge in [0, 0.05) is 29.9 Å². The molecule has 1 aliphatic heterocycles. The molecule has 2 heterocycles. The summed E-state index contributed by atoms with van der Waals surface area (Å²) in [6.45, 7) is -1.85. The molecule has 3 atom stereocenters. The lowest BCUT2D eigenvalue weighted by Gasteiger charge is -2.41. The van der Waals surface area contributed by atoms with Gasteiger partial charge >= 0.3 is 12.8 Å². The van der Waals surface area contributed by atoms with E-state index in [1.165, 1.54) is 55.6 Å². The molecular weight excluding hydrogens is 609 g/mol. The lowest BCUT2D eigenvalue weighted by Crippen LogP contribution is -2.45. The van der Waals surface area contributed by atoms with E-state index in [0.29, 0.717) is 36.2 Å². The van der Waals surface area contributed by atoms with Crippen molar-refractivity contribution in [1.29, 1.82) is 0 Å². The number of piperidine rings is 1. The molecule has 2 unspecified atom stereocenters. The van der Waals surface area contributed by atoms with Crippen LogP contribution < -0.4 is 10.2 Å². The van der Waals surface area contributed by atoms with E-state index in [9.17, 15) is 40.3 Å². The minimum Gasteiger partial charge on any atom is -0.394 e. The molecule has 2 aromatic carbocycles. The SMILES string of the molecule is CCS(=O)(=O)c1ccc([C@H](CO)NC(=O)c2ccc(N3CC(c4ccc(C(F)(F)F)nc4)CCC3COC(F)F)cc2)cc1. The molecule has 3 aromatic rings. The summed E-state index contributed by atoms with van der Waals surface area (Å²) in [6, 6.07) is 13.2. The molecule has 14 heteroatoms. The second kappa shape index (κ2) is 14.0. The highest BCUT2D eigenvalue weighted by molar-refractivity contribution is 7.91. The van der Waals surface area contributed by atoms with Crippen LogP contribution >= 0.6 is 0 Å². The van der Waals surface area contributed by atoms with Crippen LogP contribution in [0.3, 0.4) is 0 Å². The number of carbonyl (C=O) groups is 1. The summed E-state index contributed by atoms with van der Waals surface area (Å²) >= 11 is 0. The van der Waals surface area contributed by atoms with Gasteiger partial charge in [0.15, 0.2) is 9.84 Å². The van der Waals surface area contributed by atoms with Gasteiger partial charge < -0.3 is 20.1 Å². The number of aliphatic hydroxyl groups is 1. The maximum absolute atomic E-state index is 13.0. The fourth-order valence-corrected chi connectivity index (χ4v) is 6.03. The van der Waals surface area contributed by atoms with Crippen molar-refractivity contribution in [2.24, 2.45) is 0 Å². The van der Waals surface area contributed by atoms with Gasteiger partial charge in [0.1, 0.15) is 5.69 Å². The van der Waals surface area contributed by atoms with Crippen molar-refractivity contribution >= 4 is 21.4 Å². The van der Waals surface area contributed by atoms with Gasteiger partial charge in [-0.3, -0.25) is 9.78 Å². The van der Waals surface area contributed by atoms with E-state index in [-0.39, 0.29) is 28.7 Å². The van der Waals surface area contributed by atoms with Crippen LogP contribution in [0.2, 0.25) is 0 Å². The summed E-state index contributed by atoms with van der Waals surface area (Å²) in [7, 11) is -3.41. The molecule has 1 aromatic heterocycles. The van der Waals surface area contributed by atoms with Crippen molar-refractivity contribution in [1.82, 2.24) is 10.3 Å². The Labute approximate surface area is 251 Å². The summed E-state index contributed by atoms with van der Waals surface area (Å²) in [5.74, 6) is -0.794. The van der Waals surface area contributed by atoms with Crippen molar-refractivity contribution in [3.05, 3.63) is 89.2 Å². The van der Waals surface area contributed by atoms with E-state index in [4.69, 9.17) is 0 Å². The fraction of sp³-hybridized carbons (Fsp3) is 0.400. The molecule has 8 nitrogen and oxygen atoms in total. The average molecular weight is 642 g/mol. The van der Waals surface area contributed by atoms with Crippen LogP contribution in [-0.4, -0.2) is 62.6 Å². The monoisotopic (exact) mass is 641 g/mol. The van der Waals surface area contributed by atoms with Gasteiger partial charge in [-0.05, 0) is 66.4 Å². The quantitative estimate of drug-likeness (QED) is 0.272. The van der Waals surface area contributed by atoms with Crippen molar-refractivity contribution in [2.75, 3.05) is 30.4 Å². The highest BCUT2D eigenvalue weighted by atomic mass is 32.2. The van der Waals surface area contributed by atoms with E-state index in [0.717, 1.165) is 6.07 Å². The Kier molecular flexibility index (Phi) is 10.6. The number of aliphatic hydroxyl groups excluding tert-OH is 1. The predicted octanol–water partition coefficient (Wildman–Crippen LogP) is 5.35. The van der Waals surface area contributed by atoms with Gasteiger partial charge in [-0.2, -0.15) is 22.0 Å². The van der Waals surface area contributed by atoms with Crippen LogP contribution in [0.25, 0.3) is 0 Å². The molecular formula is C30H32F5N3O5S. The molecule has 44 heavy (non-hydrogen) atoms. The zero-order chi connectivity index (χ0) is 32.1. The number of rotatable bonds is 11. The Morgan fingerprint density at radius 3 is 2.30 bits per heavy atom. The Hall–Kier alpha value is -3.62. The molecule has 0 aliphatic carbocycles. The number of benzene rings is 2. The first-order chi connectivity index (χ1) is 20.8. The fourth-order valence-electron chi connectivity index (χ4n) is 5.14. The second-order valence-electron chi connectivity index (χ2n) is 10.4. The van der Waals surface area contributed by atoms with Crippen molar-refractivity contribution < 1.29 is 45.0 Å². The van der Waals surface area contributed by atoms with Gasteiger partial charge in [-0.25, -0.2) is 8.42 Å². The highest BCUT2D eigenvalue weighted by Gasteiger charge is 2.34. The number of pyridine rings is 1. The van der Waals surface area contributed by atoms with Gasteiger partial charge in [0.05, 0.1) is 35.9 Å². The largest absolute Gasteiger partial charge is 0.433 e. The standard InChI is InChI=1S/C30H32F5N3O5S/c1-2-44(41,42)25-12-6-19(7-13-25)26(17-39)37-28(40)20-3-9-23(10-4-20)38-16-22(5-11-24(38)18-43-29(31)32)21-8-14-27(36-15-21)30(33,34)35/h3-4,6-10,12-15,22,24,26,29,39H,2,5,11,16-18H2,1H3,(H,37,40)/t22?,24?,26-/m0/s1. The van der Waals surface area contributed by atoms with Crippen LogP contribution in [0.1, 0.15) is 58.9 Å². The van der Waals surface area contributed by atoms with Crippen LogP contribution in [0.15, 0.2) is 71.8 Å². The number of amides is 1. The molecule has 0 spiro atoms. The van der Waals surface area contributed by atoms with Crippen LogP contribution in [0.4, 0.5) is 27.6 Å². The molecule has 4 rings (SSSR count). The Bertz CT molecular complexity index is 1500. The van der Waals surface area contributed by atoms with Gasteiger partial charge in [-0.15, -0.1) is 0 Å². The van der Waals surface area contributed by atoms with Crippen LogP contribution in [0, 0.1) is 0 Å². The molecule has 2 N–H and O–H groups in total. The topological polar surface area (TPSA) is 109 Å². The number of aromatic nitrogens is 1. The minimum atomic E-state index is -4.57. The normalized spacial score (nSPS) is 18.3. The number of nitrogens with zero attached hydrogens (tertiary/aromatic N) is 2. The molecule has 0 radical (unpaired) electrons. The number of halogens is 5. The maximum atomic E-state index is 13.0. The molecule has 0 bridgehead atoms. The zero-order valence-electron chi connectivity index (χ0n) is 23.7. The van der Waals surface area contributed by atoms with Crippen LogP contribution in [-0.2, 0) is 20.8 Å². The van der Waals surface area contributed by atoms with Crippen molar-refractivity contribution in [2.45, 2.75) is 55.5 Å². The highest BCUT2D eigenvalue weighted by Crippen LogP contribution is 2.35. The number of anilines is 1. The first-order valence-electron chi connectivity index (χ1n) is 13.9. The molecule has 0 saturated carbocycles. The van der Waals surface area contributed by atoms with E-state index >= 15 is 0 Å². The average Bonchev–Trinajstić information content (AvgIpc) is 3.02. The summed E-state index contributed by atoms with van der Waals surface area (Å²) in [5, 5.41) is 12.6. The minimum absolute atomic E-state index is 0.0627. The number of hydrogen-bond donors (Lipinski definition) is 2. The van der Waals surface area contributed by atoms with Gasteiger partial charge in [0.25, 0.3) is 5.91 Å². The summed E-state index contributed by atoms with van der Waals surface area (Å²) in [4.78, 5) is 18.5. The molecule has 1 amide bonds. The predicted molar refractivity (Wildman–Crippen MR) is 152 cm³/mol. The number of nitrogens with one attached hydrogen (secondary N) is 1. The van der Waals surface area contributed by atoms with Gasteiger partial charge in [0.2, 0.25) is 0 Å². The van der Waals surface area contributed by atoms with E-state index in [1.54, 1.807) is 12.1 Å². The number of sulfone groups is 1. The second-order valence-corrected chi connectivity index (χ2v) is 12.7. The first-order valence-corrected chi connectivity index (χ1v) is 15.5. The summed E-state index contributed by atoms with van der Waals surface area (Å²) in [6.07, 6.45) is -2.43. The van der Waals surface area contributed by atoms with E-state index < -0.39 is 52.9 Å².